The topological polar surface area (TPSA) is 55.6 Å². The SMILES string of the molecule is CC1(C)CN(C(=O)c2ccc(F)cc2)CC(CN)O1. The predicted octanol–water partition coefficient (Wildman–Crippen LogP) is 1.40. The summed E-state index contributed by atoms with van der Waals surface area (Å²) in [6.07, 6.45) is -0.159. The van der Waals surface area contributed by atoms with Crippen LogP contribution in [0.2, 0.25) is 0 Å². The van der Waals surface area contributed by atoms with E-state index in [0.29, 0.717) is 25.2 Å². The van der Waals surface area contributed by atoms with Crippen molar-refractivity contribution in [2.24, 2.45) is 5.73 Å². The van der Waals surface area contributed by atoms with E-state index in [-0.39, 0.29) is 17.8 Å². The lowest BCUT2D eigenvalue weighted by molar-refractivity contribution is -0.122. The van der Waals surface area contributed by atoms with Crippen LogP contribution in [0, 0.1) is 5.82 Å². The van der Waals surface area contributed by atoms with Crippen LogP contribution in [0.25, 0.3) is 0 Å². The van der Waals surface area contributed by atoms with Crippen molar-refractivity contribution < 1.29 is 13.9 Å². The number of halogens is 1. The predicted molar refractivity (Wildman–Crippen MR) is 70.3 cm³/mol. The highest BCUT2D eigenvalue weighted by atomic mass is 19.1. The van der Waals surface area contributed by atoms with Crippen LogP contribution in [0.3, 0.4) is 0 Å². The molecule has 0 saturated carbocycles. The second-order valence-electron chi connectivity index (χ2n) is 5.43. The minimum absolute atomic E-state index is 0.116. The van der Waals surface area contributed by atoms with Gasteiger partial charge in [-0.1, -0.05) is 0 Å². The molecule has 1 heterocycles. The molecule has 1 atom stereocenters. The first-order valence-corrected chi connectivity index (χ1v) is 6.34. The summed E-state index contributed by atoms with van der Waals surface area (Å²) in [6.45, 7) is 5.20. The molecule has 104 valence electrons. The van der Waals surface area contributed by atoms with Crippen molar-refractivity contribution in [3.05, 3.63) is 35.6 Å². The Bertz CT molecular complexity index is 459. The van der Waals surface area contributed by atoms with E-state index in [2.05, 4.69) is 0 Å². The van der Waals surface area contributed by atoms with Crippen LogP contribution in [-0.4, -0.2) is 42.1 Å². The molecule has 0 aromatic heterocycles. The Balaban J connectivity index is 2.16. The number of ether oxygens (including phenoxy) is 1. The van der Waals surface area contributed by atoms with E-state index in [9.17, 15) is 9.18 Å². The molecule has 1 aromatic carbocycles. The van der Waals surface area contributed by atoms with E-state index in [0.717, 1.165) is 0 Å². The number of hydrogen-bond donors (Lipinski definition) is 1. The number of carbonyl (C=O) groups is 1. The highest BCUT2D eigenvalue weighted by Gasteiger charge is 2.35. The number of carbonyl (C=O) groups excluding carboxylic acids is 1. The Morgan fingerprint density at radius 1 is 1.47 bits per heavy atom. The van der Waals surface area contributed by atoms with Crippen LogP contribution in [0.15, 0.2) is 24.3 Å². The van der Waals surface area contributed by atoms with Crippen LogP contribution in [-0.2, 0) is 4.74 Å². The third-order valence-electron chi connectivity index (χ3n) is 3.12. The molecule has 5 heteroatoms. The fraction of sp³-hybridized carbons (Fsp3) is 0.500. The molecule has 1 fully saturated rings. The number of benzene rings is 1. The summed E-state index contributed by atoms with van der Waals surface area (Å²) in [7, 11) is 0. The molecule has 0 aliphatic carbocycles. The fourth-order valence-electron chi connectivity index (χ4n) is 2.35. The summed E-state index contributed by atoms with van der Waals surface area (Å²) in [5, 5.41) is 0. The lowest BCUT2D eigenvalue weighted by Gasteiger charge is -2.42. The standard InChI is InChI=1S/C14H19FN2O2/c1-14(2)9-17(8-12(7-16)19-14)13(18)10-3-5-11(15)6-4-10/h3-6,12H,7-9,16H2,1-2H3. The van der Waals surface area contributed by atoms with Gasteiger partial charge in [0.05, 0.1) is 11.7 Å². The zero-order chi connectivity index (χ0) is 14.0. The van der Waals surface area contributed by atoms with Crippen molar-refractivity contribution >= 4 is 5.91 Å². The number of morpholine rings is 1. The first-order chi connectivity index (χ1) is 8.91. The van der Waals surface area contributed by atoms with E-state index in [4.69, 9.17) is 10.5 Å². The van der Waals surface area contributed by atoms with Crippen molar-refractivity contribution in [1.82, 2.24) is 4.90 Å². The second-order valence-corrected chi connectivity index (χ2v) is 5.43. The Morgan fingerprint density at radius 2 is 2.11 bits per heavy atom. The van der Waals surface area contributed by atoms with Gasteiger partial charge in [0.25, 0.3) is 5.91 Å². The molecule has 0 bridgehead atoms. The Morgan fingerprint density at radius 3 is 2.68 bits per heavy atom. The van der Waals surface area contributed by atoms with Crippen LogP contribution in [0.4, 0.5) is 4.39 Å². The van der Waals surface area contributed by atoms with Gasteiger partial charge in [-0.15, -0.1) is 0 Å². The van der Waals surface area contributed by atoms with Crippen molar-refractivity contribution in [3.63, 3.8) is 0 Å². The van der Waals surface area contributed by atoms with Crippen LogP contribution >= 0.6 is 0 Å². The number of hydrogen-bond acceptors (Lipinski definition) is 3. The summed E-state index contributed by atoms with van der Waals surface area (Å²) in [5.74, 6) is -0.464. The second kappa shape index (κ2) is 5.27. The summed E-state index contributed by atoms with van der Waals surface area (Å²) in [4.78, 5) is 14.1. The van der Waals surface area contributed by atoms with Gasteiger partial charge in [-0.05, 0) is 38.1 Å². The molecule has 0 spiro atoms. The molecule has 1 aliphatic rings. The summed E-state index contributed by atoms with van der Waals surface area (Å²) in [5.41, 5.74) is 5.70. The molecule has 2 rings (SSSR count). The smallest absolute Gasteiger partial charge is 0.254 e. The third-order valence-corrected chi connectivity index (χ3v) is 3.12. The molecule has 1 saturated heterocycles. The molecular formula is C14H19FN2O2. The zero-order valence-electron chi connectivity index (χ0n) is 11.2. The van der Waals surface area contributed by atoms with E-state index in [1.54, 1.807) is 4.90 Å². The number of rotatable bonds is 2. The average Bonchev–Trinajstić information content (AvgIpc) is 2.37. The highest BCUT2D eigenvalue weighted by molar-refractivity contribution is 5.94. The molecule has 2 N–H and O–H groups in total. The minimum atomic E-state index is -0.419. The van der Waals surface area contributed by atoms with E-state index < -0.39 is 5.60 Å². The molecule has 1 amide bonds. The molecule has 19 heavy (non-hydrogen) atoms. The van der Waals surface area contributed by atoms with Crippen LogP contribution < -0.4 is 5.73 Å². The van der Waals surface area contributed by atoms with Gasteiger partial charge in [0.15, 0.2) is 0 Å². The summed E-state index contributed by atoms with van der Waals surface area (Å²) >= 11 is 0. The van der Waals surface area contributed by atoms with Crippen LogP contribution in [0.5, 0.6) is 0 Å². The number of amides is 1. The van der Waals surface area contributed by atoms with Crippen molar-refractivity contribution in [2.75, 3.05) is 19.6 Å². The Kier molecular flexibility index (Phi) is 3.87. The van der Waals surface area contributed by atoms with Crippen LogP contribution in [0.1, 0.15) is 24.2 Å². The first kappa shape index (κ1) is 14.0. The quantitative estimate of drug-likeness (QED) is 0.880. The van der Waals surface area contributed by atoms with Gasteiger partial charge < -0.3 is 15.4 Å². The first-order valence-electron chi connectivity index (χ1n) is 6.34. The van der Waals surface area contributed by atoms with Gasteiger partial charge in [-0.25, -0.2) is 4.39 Å². The number of nitrogens with two attached hydrogens (primary N) is 1. The van der Waals surface area contributed by atoms with Gasteiger partial charge >= 0.3 is 0 Å². The van der Waals surface area contributed by atoms with E-state index in [1.807, 2.05) is 13.8 Å². The normalized spacial score (nSPS) is 22.3. The molecule has 1 unspecified atom stereocenters. The van der Waals surface area contributed by atoms with E-state index >= 15 is 0 Å². The van der Waals surface area contributed by atoms with Gasteiger partial charge in [0.2, 0.25) is 0 Å². The molecule has 0 radical (unpaired) electrons. The van der Waals surface area contributed by atoms with Gasteiger partial charge in [-0.2, -0.15) is 0 Å². The van der Waals surface area contributed by atoms with Gasteiger partial charge in [0, 0.05) is 25.2 Å². The zero-order valence-corrected chi connectivity index (χ0v) is 11.2. The maximum atomic E-state index is 12.9. The van der Waals surface area contributed by atoms with Crippen molar-refractivity contribution in [2.45, 2.75) is 25.6 Å². The van der Waals surface area contributed by atoms with Gasteiger partial charge in [0.1, 0.15) is 5.82 Å². The largest absolute Gasteiger partial charge is 0.367 e. The molecule has 4 nitrogen and oxygen atoms in total. The molecular weight excluding hydrogens is 247 g/mol. The van der Waals surface area contributed by atoms with Crippen molar-refractivity contribution in [1.29, 1.82) is 0 Å². The monoisotopic (exact) mass is 266 g/mol. The summed E-state index contributed by atoms with van der Waals surface area (Å²) in [6, 6.07) is 5.58. The van der Waals surface area contributed by atoms with E-state index in [1.165, 1.54) is 24.3 Å². The third kappa shape index (κ3) is 3.30. The Labute approximate surface area is 112 Å². The average molecular weight is 266 g/mol. The Hall–Kier alpha value is -1.46. The van der Waals surface area contributed by atoms with Crippen molar-refractivity contribution in [3.8, 4) is 0 Å². The molecule has 1 aromatic rings. The number of nitrogens with zero attached hydrogens (tertiary/aromatic N) is 1. The van der Waals surface area contributed by atoms with Gasteiger partial charge in [-0.3, -0.25) is 4.79 Å². The lowest BCUT2D eigenvalue weighted by atomic mass is 10.0. The minimum Gasteiger partial charge on any atom is -0.367 e. The highest BCUT2D eigenvalue weighted by Crippen LogP contribution is 2.22. The fourth-order valence-corrected chi connectivity index (χ4v) is 2.35. The maximum Gasteiger partial charge on any atom is 0.254 e. The molecule has 1 aliphatic heterocycles. The lowest BCUT2D eigenvalue weighted by Crippen LogP contribution is -2.56. The summed E-state index contributed by atoms with van der Waals surface area (Å²) < 4.78 is 18.7. The maximum absolute atomic E-state index is 12.9.